The van der Waals surface area contributed by atoms with Gasteiger partial charge in [-0.25, -0.2) is 0 Å². The fraction of sp³-hybridized carbons (Fsp3) is 0.762. The second-order valence-corrected chi connectivity index (χ2v) is 9.14. The van der Waals surface area contributed by atoms with E-state index in [9.17, 15) is 24.6 Å². The van der Waals surface area contributed by atoms with Crippen molar-refractivity contribution in [3.63, 3.8) is 0 Å². The predicted octanol–water partition coefficient (Wildman–Crippen LogP) is -1.04. The molecule has 0 aromatic carbocycles. The van der Waals surface area contributed by atoms with E-state index in [1.54, 1.807) is 6.08 Å². The standard InChI is InChI=1S/C21H28O5.Na.H/c1-20-7-6-13(24)8-12(20)2-3-14-15-4-5-16(18(26)10-22)21(15,11-23)9-17(25)19(14)20;;/h8,11,14-17,19,22,25H,2-7,9-10H2,1H3;;/q;+1;-1/t14-,15-,16+,17-,19+,20-,21+;;/m0../s1. The van der Waals surface area contributed by atoms with Gasteiger partial charge in [0.25, 0.3) is 0 Å². The molecule has 3 fully saturated rings. The van der Waals surface area contributed by atoms with E-state index in [0.717, 1.165) is 37.5 Å². The summed E-state index contributed by atoms with van der Waals surface area (Å²) in [6.07, 6.45) is 6.75. The van der Waals surface area contributed by atoms with E-state index in [0.29, 0.717) is 19.3 Å². The summed E-state index contributed by atoms with van der Waals surface area (Å²) in [6.45, 7) is 1.63. The molecule has 5 nitrogen and oxygen atoms in total. The molecule has 0 radical (unpaired) electrons. The van der Waals surface area contributed by atoms with Crippen LogP contribution in [0.3, 0.4) is 0 Å². The molecular weight excluding hydrogens is 355 g/mol. The molecule has 0 aliphatic heterocycles. The Hall–Kier alpha value is -0.330. The van der Waals surface area contributed by atoms with Gasteiger partial charge in [-0.1, -0.05) is 12.5 Å². The molecular formula is C21H29NaO5. The summed E-state index contributed by atoms with van der Waals surface area (Å²) in [5, 5.41) is 20.5. The summed E-state index contributed by atoms with van der Waals surface area (Å²) in [6, 6.07) is 0. The van der Waals surface area contributed by atoms with Crippen LogP contribution in [-0.4, -0.2) is 40.8 Å². The van der Waals surface area contributed by atoms with E-state index in [2.05, 4.69) is 6.92 Å². The number of carbonyl (C=O) groups excluding carboxylic acids is 3. The number of aliphatic hydroxyl groups is 2. The molecule has 0 saturated heterocycles. The van der Waals surface area contributed by atoms with Gasteiger partial charge in [0.2, 0.25) is 0 Å². The number of fused-ring (bicyclic) bond motifs is 5. The Morgan fingerprint density at radius 2 is 2.07 bits per heavy atom. The summed E-state index contributed by atoms with van der Waals surface area (Å²) < 4.78 is 0. The number of carbonyl (C=O) groups is 3. The Morgan fingerprint density at radius 3 is 2.74 bits per heavy atom. The molecule has 2 N–H and O–H groups in total. The number of rotatable bonds is 3. The minimum Gasteiger partial charge on any atom is -1.00 e. The smallest absolute Gasteiger partial charge is 1.00 e. The number of aldehydes is 1. The maximum absolute atomic E-state index is 12.3. The normalized spacial score (nSPS) is 45.7. The minimum atomic E-state index is -0.831. The molecule has 6 heteroatoms. The van der Waals surface area contributed by atoms with Crippen molar-refractivity contribution in [1.29, 1.82) is 0 Å². The van der Waals surface area contributed by atoms with Crippen molar-refractivity contribution >= 4 is 17.9 Å². The van der Waals surface area contributed by atoms with Crippen molar-refractivity contribution in [2.75, 3.05) is 6.61 Å². The summed E-state index contributed by atoms with van der Waals surface area (Å²) in [5.74, 6) is -0.241. The third kappa shape index (κ3) is 2.96. The molecule has 7 atom stereocenters. The Kier molecular flexibility index (Phi) is 5.93. The zero-order valence-corrected chi connectivity index (χ0v) is 18.3. The van der Waals surface area contributed by atoms with Gasteiger partial charge in [-0.15, -0.1) is 0 Å². The number of allylic oxidation sites excluding steroid dienone is 1. The molecule has 4 aliphatic rings. The van der Waals surface area contributed by atoms with E-state index in [4.69, 9.17) is 0 Å². The van der Waals surface area contributed by atoms with Crippen molar-refractivity contribution in [3.8, 4) is 0 Å². The second-order valence-electron chi connectivity index (χ2n) is 9.14. The molecule has 0 spiro atoms. The molecule has 0 bridgehead atoms. The van der Waals surface area contributed by atoms with E-state index in [-0.39, 0.29) is 65.7 Å². The Bertz CT molecular complexity index is 694. The van der Waals surface area contributed by atoms with Gasteiger partial charge in [0, 0.05) is 17.8 Å². The average Bonchev–Trinajstić information content (AvgIpc) is 3.00. The largest absolute Gasteiger partial charge is 1.00 e. The zero-order chi connectivity index (χ0) is 18.7. The first-order valence-electron chi connectivity index (χ1n) is 9.89. The molecule has 0 amide bonds. The molecule has 144 valence electrons. The van der Waals surface area contributed by atoms with Gasteiger partial charge >= 0.3 is 29.6 Å². The van der Waals surface area contributed by atoms with Gasteiger partial charge in [-0.05, 0) is 67.8 Å². The first-order chi connectivity index (χ1) is 12.4. The van der Waals surface area contributed by atoms with E-state index < -0.39 is 24.0 Å². The summed E-state index contributed by atoms with van der Waals surface area (Å²) in [5.41, 5.74) is 0.140. The summed E-state index contributed by atoms with van der Waals surface area (Å²) >= 11 is 0. The van der Waals surface area contributed by atoms with Gasteiger partial charge in [0.15, 0.2) is 11.6 Å². The second kappa shape index (κ2) is 7.49. The number of aliphatic hydroxyl groups excluding tert-OH is 2. The van der Waals surface area contributed by atoms with Crippen LogP contribution >= 0.6 is 0 Å². The van der Waals surface area contributed by atoms with Crippen LogP contribution in [0.2, 0.25) is 0 Å². The van der Waals surface area contributed by atoms with Gasteiger partial charge < -0.3 is 16.4 Å². The van der Waals surface area contributed by atoms with Gasteiger partial charge in [-0.2, -0.15) is 0 Å². The molecule has 4 rings (SSSR count). The predicted molar refractivity (Wildman–Crippen MR) is 95.2 cm³/mol. The number of ketones is 2. The fourth-order valence-corrected chi connectivity index (χ4v) is 7.18. The third-order valence-electron chi connectivity index (χ3n) is 8.27. The van der Waals surface area contributed by atoms with Crippen LogP contribution in [0.1, 0.15) is 53.3 Å². The first-order valence-corrected chi connectivity index (χ1v) is 9.89. The molecule has 3 saturated carbocycles. The van der Waals surface area contributed by atoms with Crippen LogP contribution in [-0.2, 0) is 14.4 Å². The van der Waals surface area contributed by atoms with E-state index in [1.165, 1.54) is 0 Å². The Labute approximate surface area is 183 Å². The Balaban J connectivity index is 0.00000140. The van der Waals surface area contributed by atoms with Gasteiger partial charge in [0.05, 0.1) is 6.10 Å². The summed E-state index contributed by atoms with van der Waals surface area (Å²) in [4.78, 5) is 36.4. The molecule has 0 heterocycles. The molecule has 0 unspecified atom stereocenters. The topological polar surface area (TPSA) is 91.7 Å². The van der Waals surface area contributed by atoms with Crippen LogP contribution in [0.5, 0.6) is 0 Å². The van der Waals surface area contributed by atoms with E-state index >= 15 is 0 Å². The van der Waals surface area contributed by atoms with Crippen molar-refractivity contribution in [2.24, 2.45) is 34.5 Å². The van der Waals surface area contributed by atoms with Crippen LogP contribution in [0.15, 0.2) is 11.6 Å². The van der Waals surface area contributed by atoms with Crippen molar-refractivity contribution in [2.45, 2.75) is 58.0 Å². The van der Waals surface area contributed by atoms with Crippen molar-refractivity contribution in [3.05, 3.63) is 11.6 Å². The minimum absolute atomic E-state index is 0. The molecule has 27 heavy (non-hydrogen) atoms. The number of hydrogen-bond donors (Lipinski definition) is 2. The van der Waals surface area contributed by atoms with Crippen molar-refractivity contribution in [1.82, 2.24) is 0 Å². The zero-order valence-electron chi connectivity index (χ0n) is 17.3. The van der Waals surface area contributed by atoms with E-state index in [1.807, 2.05) is 0 Å². The monoisotopic (exact) mass is 384 g/mol. The maximum atomic E-state index is 12.3. The SMILES string of the molecule is C[C@]12CCC(=O)C=C1CC[C@@H]1[C@@H]2[C@@H](O)C[C@]2(C=O)[C@@H](C(=O)CO)CC[C@@H]12.[H-].[Na+]. The van der Waals surface area contributed by atoms with Gasteiger partial charge in [-0.3, -0.25) is 9.59 Å². The molecule has 0 aromatic heterocycles. The number of hydrogen-bond acceptors (Lipinski definition) is 5. The maximum Gasteiger partial charge on any atom is 1.00 e. The summed E-state index contributed by atoms with van der Waals surface area (Å²) in [7, 11) is 0. The van der Waals surface area contributed by atoms with Crippen LogP contribution in [0.4, 0.5) is 0 Å². The Morgan fingerprint density at radius 1 is 1.33 bits per heavy atom. The average molecular weight is 384 g/mol. The quantitative estimate of drug-likeness (QED) is 0.479. The van der Waals surface area contributed by atoms with Gasteiger partial charge in [0.1, 0.15) is 12.9 Å². The molecule has 4 aliphatic carbocycles. The van der Waals surface area contributed by atoms with Crippen LogP contribution < -0.4 is 29.6 Å². The van der Waals surface area contributed by atoms with Crippen molar-refractivity contribution < 1.29 is 55.6 Å². The first kappa shape index (κ1) is 21.4. The fourth-order valence-electron chi connectivity index (χ4n) is 7.18. The third-order valence-corrected chi connectivity index (χ3v) is 8.27. The molecule has 0 aromatic rings. The van der Waals surface area contributed by atoms with Crippen LogP contribution in [0, 0.1) is 34.5 Å². The number of Topliss-reactive ketones (excluding diaryl/α,β-unsaturated/α-hetero) is 1. The van der Waals surface area contributed by atoms with Crippen LogP contribution in [0.25, 0.3) is 0 Å².